The molecule has 0 aromatic carbocycles. The molecule has 2 heterocycles. The van der Waals surface area contributed by atoms with Crippen molar-refractivity contribution in [3.63, 3.8) is 0 Å². The highest BCUT2D eigenvalue weighted by Gasteiger charge is 2.36. The summed E-state index contributed by atoms with van der Waals surface area (Å²) in [7, 11) is 0. The van der Waals surface area contributed by atoms with E-state index >= 15 is 0 Å². The molecule has 8 heteroatoms. The Morgan fingerprint density at radius 2 is 2.18 bits per heavy atom. The Balaban J connectivity index is 2.13. The van der Waals surface area contributed by atoms with Gasteiger partial charge in [0.1, 0.15) is 5.69 Å². The predicted octanol–water partition coefficient (Wildman–Crippen LogP) is 1.66. The summed E-state index contributed by atoms with van der Waals surface area (Å²) in [5.74, 6) is -0.495. The highest BCUT2D eigenvalue weighted by atomic mass is 19.3. The van der Waals surface area contributed by atoms with Crippen LogP contribution in [-0.4, -0.2) is 45.6 Å². The van der Waals surface area contributed by atoms with E-state index in [4.69, 9.17) is 0 Å². The Labute approximate surface area is 127 Å². The quantitative estimate of drug-likeness (QED) is 0.899. The van der Waals surface area contributed by atoms with E-state index in [-0.39, 0.29) is 23.6 Å². The minimum atomic E-state index is -2.85. The second-order valence-electron chi connectivity index (χ2n) is 5.50. The van der Waals surface area contributed by atoms with Crippen molar-refractivity contribution in [3.05, 3.63) is 18.0 Å². The van der Waals surface area contributed by atoms with Gasteiger partial charge in [0, 0.05) is 26.2 Å². The van der Waals surface area contributed by atoms with Crippen molar-refractivity contribution in [2.24, 2.45) is 5.92 Å². The molecular weight excluding hydrogens is 294 g/mol. The van der Waals surface area contributed by atoms with Crippen molar-refractivity contribution in [2.45, 2.75) is 39.3 Å². The van der Waals surface area contributed by atoms with Crippen molar-refractivity contribution in [1.82, 2.24) is 20.0 Å². The fraction of sp³-hybridized carbons (Fsp3) is 0.643. The van der Waals surface area contributed by atoms with Crippen LogP contribution in [-0.2, 0) is 4.79 Å². The zero-order valence-corrected chi connectivity index (χ0v) is 12.6. The number of nitrogens with zero attached hydrogens (tertiary/aromatic N) is 3. The highest BCUT2D eigenvalue weighted by Crippen LogP contribution is 2.24. The number of halogens is 2. The Kier molecular flexibility index (Phi) is 5.10. The molecule has 1 aliphatic heterocycles. The van der Waals surface area contributed by atoms with Crippen molar-refractivity contribution in [2.75, 3.05) is 13.1 Å². The molecule has 2 atom stereocenters. The lowest BCUT2D eigenvalue weighted by Crippen LogP contribution is -2.40. The number of likely N-dealkylation sites (tertiary alicyclic amines) is 1. The Hall–Kier alpha value is -1.99. The van der Waals surface area contributed by atoms with Gasteiger partial charge < -0.3 is 10.2 Å². The molecule has 1 saturated heterocycles. The van der Waals surface area contributed by atoms with E-state index in [1.165, 1.54) is 24.1 Å². The van der Waals surface area contributed by atoms with E-state index in [0.717, 1.165) is 12.8 Å². The van der Waals surface area contributed by atoms with E-state index in [1.807, 2.05) is 6.92 Å². The number of aromatic nitrogens is 2. The van der Waals surface area contributed by atoms with Crippen LogP contribution in [0.2, 0.25) is 0 Å². The normalized spacial score (nSPS) is 21.4. The molecule has 0 aliphatic carbocycles. The Bertz CT molecular complexity index is 547. The third-order valence-electron chi connectivity index (χ3n) is 3.85. The van der Waals surface area contributed by atoms with Crippen LogP contribution in [0.4, 0.5) is 8.78 Å². The van der Waals surface area contributed by atoms with Crippen LogP contribution in [0.1, 0.15) is 43.7 Å². The van der Waals surface area contributed by atoms with E-state index < -0.39 is 12.5 Å². The summed E-state index contributed by atoms with van der Waals surface area (Å²) in [5, 5.41) is 6.32. The van der Waals surface area contributed by atoms with Crippen LogP contribution >= 0.6 is 0 Å². The second kappa shape index (κ2) is 6.85. The third kappa shape index (κ3) is 3.42. The van der Waals surface area contributed by atoms with Gasteiger partial charge in [0.25, 0.3) is 5.91 Å². The molecule has 1 fully saturated rings. The largest absolute Gasteiger partial charge is 0.351 e. The molecular formula is C14H20F2N4O2. The van der Waals surface area contributed by atoms with Gasteiger partial charge in [0.2, 0.25) is 5.91 Å². The number of nitrogens with one attached hydrogen (secondary N) is 1. The van der Waals surface area contributed by atoms with Crippen LogP contribution in [0.15, 0.2) is 12.3 Å². The summed E-state index contributed by atoms with van der Waals surface area (Å²) in [4.78, 5) is 25.2. The first-order chi connectivity index (χ1) is 10.4. The summed E-state index contributed by atoms with van der Waals surface area (Å²) in [6.45, 7) is 1.39. The van der Waals surface area contributed by atoms with E-state index in [0.29, 0.717) is 17.8 Å². The number of carbonyl (C=O) groups excluding carboxylic acids is 2. The van der Waals surface area contributed by atoms with Crippen molar-refractivity contribution in [1.29, 1.82) is 0 Å². The van der Waals surface area contributed by atoms with Gasteiger partial charge in [-0.15, -0.1) is 0 Å². The van der Waals surface area contributed by atoms with Gasteiger partial charge in [-0.2, -0.15) is 18.6 Å². The van der Waals surface area contributed by atoms with E-state index in [9.17, 15) is 18.4 Å². The number of hydrogen-bond donors (Lipinski definition) is 1. The fourth-order valence-corrected chi connectivity index (χ4v) is 2.93. The zero-order valence-electron chi connectivity index (χ0n) is 12.6. The lowest BCUT2D eigenvalue weighted by Gasteiger charge is -2.17. The predicted molar refractivity (Wildman–Crippen MR) is 75.4 cm³/mol. The SMILES string of the molecule is CCC[C@@H]1CN(C(=O)c2ccnn2C(F)F)C[C@H]1NC(C)=O. The van der Waals surface area contributed by atoms with Gasteiger partial charge in [-0.3, -0.25) is 9.59 Å². The van der Waals surface area contributed by atoms with Crippen LogP contribution < -0.4 is 5.32 Å². The second-order valence-corrected chi connectivity index (χ2v) is 5.50. The number of rotatable bonds is 5. The molecule has 0 saturated carbocycles. The highest BCUT2D eigenvalue weighted by molar-refractivity contribution is 5.92. The first-order valence-corrected chi connectivity index (χ1v) is 7.32. The number of alkyl halides is 2. The molecule has 0 radical (unpaired) electrons. The van der Waals surface area contributed by atoms with E-state index in [1.54, 1.807) is 0 Å². The zero-order chi connectivity index (χ0) is 16.3. The maximum absolute atomic E-state index is 12.8. The van der Waals surface area contributed by atoms with Gasteiger partial charge in [-0.25, -0.2) is 0 Å². The smallest absolute Gasteiger partial charge is 0.333 e. The maximum atomic E-state index is 12.8. The summed E-state index contributed by atoms with van der Waals surface area (Å²) in [6, 6.07) is 1.15. The van der Waals surface area contributed by atoms with Crippen molar-refractivity contribution in [3.8, 4) is 0 Å². The van der Waals surface area contributed by atoms with Gasteiger partial charge in [-0.05, 0) is 18.4 Å². The number of hydrogen-bond acceptors (Lipinski definition) is 3. The average molecular weight is 314 g/mol. The third-order valence-corrected chi connectivity index (χ3v) is 3.85. The van der Waals surface area contributed by atoms with E-state index in [2.05, 4.69) is 10.4 Å². The minimum absolute atomic E-state index is 0.131. The topological polar surface area (TPSA) is 67.2 Å². The molecule has 0 unspecified atom stereocenters. The minimum Gasteiger partial charge on any atom is -0.351 e. The summed E-state index contributed by atoms with van der Waals surface area (Å²) in [5.41, 5.74) is -0.131. The molecule has 2 amide bonds. The van der Waals surface area contributed by atoms with Gasteiger partial charge in [0.15, 0.2) is 0 Å². The van der Waals surface area contributed by atoms with Crippen LogP contribution in [0.3, 0.4) is 0 Å². The molecule has 1 aromatic rings. The lowest BCUT2D eigenvalue weighted by molar-refractivity contribution is -0.119. The van der Waals surface area contributed by atoms with Crippen LogP contribution in [0.25, 0.3) is 0 Å². The molecule has 1 N–H and O–H groups in total. The average Bonchev–Trinajstić information content (AvgIpc) is 3.05. The van der Waals surface area contributed by atoms with Crippen molar-refractivity contribution < 1.29 is 18.4 Å². The molecule has 122 valence electrons. The van der Waals surface area contributed by atoms with Gasteiger partial charge in [0.05, 0.1) is 6.04 Å². The summed E-state index contributed by atoms with van der Waals surface area (Å²) in [6.07, 6.45) is 2.98. The fourth-order valence-electron chi connectivity index (χ4n) is 2.93. The molecule has 22 heavy (non-hydrogen) atoms. The van der Waals surface area contributed by atoms with Crippen molar-refractivity contribution >= 4 is 11.8 Å². The first kappa shape index (κ1) is 16.4. The summed E-state index contributed by atoms with van der Waals surface area (Å²) < 4.78 is 26.1. The standard InChI is InChI=1S/C14H20F2N4O2/c1-3-4-10-7-19(8-11(10)18-9(2)21)13(22)12-5-6-17-20(12)14(15)16/h5-6,10-11,14H,3-4,7-8H2,1-2H3,(H,18,21)/t10-,11-/m1/s1. The number of carbonyl (C=O) groups is 2. The van der Waals surface area contributed by atoms with Gasteiger partial charge >= 0.3 is 6.55 Å². The molecule has 1 aliphatic rings. The molecule has 0 bridgehead atoms. The maximum Gasteiger partial charge on any atom is 0.333 e. The summed E-state index contributed by atoms with van der Waals surface area (Å²) >= 11 is 0. The molecule has 2 rings (SSSR count). The molecule has 6 nitrogen and oxygen atoms in total. The monoisotopic (exact) mass is 314 g/mol. The number of amides is 2. The van der Waals surface area contributed by atoms with Gasteiger partial charge in [-0.1, -0.05) is 13.3 Å². The van der Waals surface area contributed by atoms with Crippen LogP contribution in [0, 0.1) is 5.92 Å². The Morgan fingerprint density at radius 1 is 1.45 bits per heavy atom. The Morgan fingerprint density at radius 3 is 2.77 bits per heavy atom. The molecule has 1 aromatic heterocycles. The molecule has 0 spiro atoms. The first-order valence-electron chi connectivity index (χ1n) is 7.32. The van der Waals surface area contributed by atoms with Crippen LogP contribution in [0.5, 0.6) is 0 Å². The lowest BCUT2D eigenvalue weighted by atomic mass is 9.98.